The minimum absolute atomic E-state index is 0.147. The van der Waals surface area contributed by atoms with Crippen molar-refractivity contribution in [2.75, 3.05) is 5.32 Å². The molecule has 2 aromatic carbocycles. The Morgan fingerprint density at radius 1 is 1.10 bits per heavy atom. The van der Waals surface area contributed by atoms with Crippen molar-refractivity contribution >= 4 is 63.4 Å². The Kier molecular flexibility index (Phi) is 5.08. The number of hydrogen-bond donors (Lipinski definition) is 2. The zero-order valence-corrected chi connectivity index (χ0v) is 14.0. The van der Waals surface area contributed by atoms with Gasteiger partial charge in [0.15, 0.2) is 0 Å². The van der Waals surface area contributed by atoms with Gasteiger partial charge in [0.05, 0.1) is 16.1 Å². The summed E-state index contributed by atoms with van der Waals surface area (Å²) in [6.07, 6.45) is 0. The fourth-order valence-corrected chi connectivity index (χ4v) is 2.67. The quantitative estimate of drug-likeness (QED) is 0.549. The molecule has 0 fully saturated rings. The molecule has 0 aliphatic carbocycles. The first kappa shape index (κ1) is 16.1. The second kappa shape index (κ2) is 6.64. The standard InChI is InChI=1S/C14H8Cl2INO3/c15-8-5-10(12(17)11(16)6-8)13(19)18-9-3-1-7(2-4-9)14(20)21/h1-6H,(H,18,19)(H,20,21). The highest BCUT2D eigenvalue weighted by atomic mass is 127. The number of anilines is 1. The van der Waals surface area contributed by atoms with Crippen LogP contribution in [0.15, 0.2) is 36.4 Å². The van der Waals surface area contributed by atoms with Crippen LogP contribution >= 0.6 is 45.8 Å². The molecule has 21 heavy (non-hydrogen) atoms. The van der Waals surface area contributed by atoms with Crippen molar-refractivity contribution in [3.8, 4) is 0 Å². The van der Waals surface area contributed by atoms with Crippen molar-refractivity contribution < 1.29 is 14.7 Å². The van der Waals surface area contributed by atoms with Crippen LogP contribution in [0.5, 0.6) is 0 Å². The Hall–Kier alpha value is -1.31. The van der Waals surface area contributed by atoms with E-state index in [1.165, 1.54) is 30.3 Å². The summed E-state index contributed by atoms with van der Waals surface area (Å²) in [5.74, 6) is -1.39. The van der Waals surface area contributed by atoms with Gasteiger partial charge in [-0.25, -0.2) is 4.79 Å². The molecular weight excluding hydrogens is 428 g/mol. The number of hydrogen-bond acceptors (Lipinski definition) is 2. The summed E-state index contributed by atoms with van der Waals surface area (Å²) in [4.78, 5) is 23.0. The highest BCUT2D eigenvalue weighted by Crippen LogP contribution is 2.27. The molecule has 0 saturated heterocycles. The van der Waals surface area contributed by atoms with E-state index in [1.807, 2.05) is 22.6 Å². The Balaban J connectivity index is 2.24. The molecule has 0 saturated carbocycles. The summed E-state index contributed by atoms with van der Waals surface area (Å²) >= 11 is 13.8. The van der Waals surface area contributed by atoms with Gasteiger partial charge in [0.1, 0.15) is 0 Å². The lowest BCUT2D eigenvalue weighted by Gasteiger charge is -2.09. The van der Waals surface area contributed by atoms with Gasteiger partial charge in [0.25, 0.3) is 5.91 Å². The van der Waals surface area contributed by atoms with E-state index in [0.29, 0.717) is 24.9 Å². The van der Waals surface area contributed by atoms with Crippen LogP contribution in [0.1, 0.15) is 20.7 Å². The van der Waals surface area contributed by atoms with Crippen LogP contribution < -0.4 is 5.32 Å². The Labute approximate surface area is 144 Å². The SMILES string of the molecule is O=C(O)c1ccc(NC(=O)c2cc(Cl)cc(Cl)c2I)cc1. The number of carbonyl (C=O) groups excluding carboxylic acids is 1. The van der Waals surface area contributed by atoms with E-state index in [-0.39, 0.29) is 11.5 Å². The van der Waals surface area contributed by atoms with Crippen molar-refractivity contribution in [3.63, 3.8) is 0 Å². The minimum atomic E-state index is -1.02. The zero-order valence-electron chi connectivity index (χ0n) is 10.4. The number of nitrogens with one attached hydrogen (secondary N) is 1. The number of amides is 1. The summed E-state index contributed by atoms with van der Waals surface area (Å²) in [6, 6.07) is 8.93. The van der Waals surface area contributed by atoms with E-state index in [4.69, 9.17) is 28.3 Å². The van der Waals surface area contributed by atoms with Crippen LogP contribution in [-0.4, -0.2) is 17.0 Å². The lowest BCUT2D eigenvalue weighted by atomic mass is 10.2. The number of carboxylic acids is 1. The van der Waals surface area contributed by atoms with Gasteiger partial charge in [-0.15, -0.1) is 0 Å². The predicted molar refractivity (Wildman–Crippen MR) is 90.5 cm³/mol. The van der Waals surface area contributed by atoms with Crippen molar-refractivity contribution in [2.24, 2.45) is 0 Å². The Morgan fingerprint density at radius 3 is 2.29 bits per heavy atom. The molecule has 0 aliphatic heterocycles. The van der Waals surface area contributed by atoms with Gasteiger partial charge < -0.3 is 10.4 Å². The van der Waals surface area contributed by atoms with Gasteiger partial charge in [0.2, 0.25) is 0 Å². The molecule has 0 aliphatic rings. The topological polar surface area (TPSA) is 66.4 Å². The third-order valence-corrected chi connectivity index (χ3v) is 4.62. The van der Waals surface area contributed by atoms with Crippen LogP contribution in [-0.2, 0) is 0 Å². The second-order valence-electron chi connectivity index (χ2n) is 4.09. The van der Waals surface area contributed by atoms with E-state index >= 15 is 0 Å². The molecule has 2 N–H and O–H groups in total. The number of benzene rings is 2. The maximum absolute atomic E-state index is 12.2. The molecule has 0 atom stereocenters. The lowest BCUT2D eigenvalue weighted by molar-refractivity contribution is 0.0696. The third-order valence-electron chi connectivity index (χ3n) is 2.63. The van der Waals surface area contributed by atoms with Gasteiger partial charge in [-0.05, 0) is 59.0 Å². The number of halogens is 3. The van der Waals surface area contributed by atoms with Gasteiger partial charge in [-0.2, -0.15) is 0 Å². The predicted octanol–water partition coefficient (Wildman–Crippen LogP) is 4.55. The molecule has 108 valence electrons. The fraction of sp³-hybridized carbons (Fsp3) is 0. The summed E-state index contributed by atoms with van der Waals surface area (Å²) in [7, 11) is 0. The Morgan fingerprint density at radius 2 is 1.71 bits per heavy atom. The van der Waals surface area contributed by atoms with Gasteiger partial charge >= 0.3 is 5.97 Å². The number of carboxylic acid groups (broad SMARTS) is 1. The molecule has 0 aromatic heterocycles. The first-order valence-electron chi connectivity index (χ1n) is 5.67. The molecular formula is C14H8Cl2INO3. The number of rotatable bonds is 3. The minimum Gasteiger partial charge on any atom is -0.478 e. The summed E-state index contributed by atoms with van der Waals surface area (Å²) in [5, 5.41) is 12.2. The average Bonchev–Trinajstić information content (AvgIpc) is 2.43. The van der Waals surface area contributed by atoms with E-state index in [9.17, 15) is 9.59 Å². The van der Waals surface area contributed by atoms with Crippen LogP contribution in [0.3, 0.4) is 0 Å². The number of aromatic carboxylic acids is 1. The number of carbonyl (C=O) groups is 2. The van der Waals surface area contributed by atoms with E-state index in [0.717, 1.165) is 0 Å². The molecule has 0 spiro atoms. The first-order chi connectivity index (χ1) is 9.88. The van der Waals surface area contributed by atoms with Gasteiger partial charge in [-0.3, -0.25) is 4.79 Å². The highest BCUT2D eigenvalue weighted by molar-refractivity contribution is 14.1. The molecule has 2 rings (SSSR count). The van der Waals surface area contributed by atoms with Gasteiger partial charge in [0, 0.05) is 14.3 Å². The first-order valence-corrected chi connectivity index (χ1v) is 7.51. The molecule has 7 heteroatoms. The van der Waals surface area contributed by atoms with Crippen LogP contribution in [0.2, 0.25) is 10.0 Å². The summed E-state index contributed by atoms with van der Waals surface area (Å²) in [5.41, 5.74) is 0.987. The normalized spacial score (nSPS) is 10.2. The monoisotopic (exact) mass is 435 g/mol. The largest absolute Gasteiger partial charge is 0.478 e. The second-order valence-corrected chi connectivity index (χ2v) is 6.01. The molecule has 4 nitrogen and oxygen atoms in total. The van der Waals surface area contributed by atoms with Crippen molar-refractivity contribution in [3.05, 3.63) is 61.1 Å². The summed E-state index contributed by atoms with van der Waals surface area (Å²) in [6.45, 7) is 0. The highest BCUT2D eigenvalue weighted by Gasteiger charge is 2.14. The van der Waals surface area contributed by atoms with E-state index in [1.54, 1.807) is 6.07 Å². The third kappa shape index (κ3) is 3.87. The fourth-order valence-electron chi connectivity index (χ4n) is 1.62. The van der Waals surface area contributed by atoms with Crippen molar-refractivity contribution in [1.29, 1.82) is 0 Å². The van der Waals surface area contributed by atoms with E-state index in [2.05, 4.69) is 5.32 Å². The van der Waals surface area contributed by atoms with Crippen LogP contribution in [0.25, 0.3) is 0 Å². The average molecular weight is 436 g/mol. The van der Waals surface area contributed by atoms with Gasteiger partial charge in [-0.1, -0.05) is 23.2 Å². The molecule has 0 unspecified atom stereocenters. The summed E-state index contributed by atoms with van der Waals surface area (Å²) < 4.78 is 0.596. The van der Waals surface area contributed by atoms with Crippen LogP contribution in [0, 0.1) is 3.57 Å². The van der Waals surface area contributed by atoms with Crippen molar-refractivity contribution in [2.45, 2.75) is 0 Å². The molecule has 0 bridgehead atoms. The smallest absolute Gasteiger partial charge is 0.335 e. The Bertz CT molecular complexity index is 717. The molecule has 1 amide bonds. The maximum Gasteiger partial charge on any atom is 0.335 e. The zero-order chi connectivity index (χ0) is 15.6. The molecule has 0 radical (unpaired) electrons. The van der Waals surface area contributed by atoms with E-state index < -0.39 is 5.97 Å². The van der Waals surface area contributed by atoms with Crippen LogP contribution in [0.4, 0.5) is 5.69 Å². The maximum atomic E-state index is 12.2. The molecule has 0 heterocycles. The molecule has 2 aromatic rings. The van der Waals surface area contributed by atoms with Crippen molar-refractivity contribution in [1.82, 2.24) is 0 Å². The lowest BCUT2D eigenvalue weighted by Crippen LogP contribution is -2.13.